The van der Waals surface area contributed by atoms with Crippen molar-refractivity contribution in [3.63, 3.8) is 0 Å². The molecule has 1 saturated carbocycles. The van der Waals surface area contributed by atoms with Crippen LogP contribution < -0.4 is 5.32 Å². The Bertz CT molecular complexity index is 479. The van der Waals surface area contributed by atoms with E-state index in [9.17, 15) is 14.7 Å². The molecule has 1 unspecified atom stereocenters. The number of likely N-dealkylation sites (tertiary alicyclic amines) is 1. The van der Waals surface area contributed by atoms with Gasteiger partial charge in [0.15, 0.2) is 0 Å². The van der Waals surface area contributed by atoms with Crippen molar-refractivity contribution in [1.29, 1.82) is 0 Å². The predicted molar refractivity (Wildman–Crippen MR) is 95.4 cm³/mol. The Balaban J connectivity index is 1.82. The van der Waals surface area contributed by atoms with E-state index in [4.69, 9.17) is 5.11 Å². The number of amides is 2. The zero-order valence-electron chi connectivity index (χ0n) is 15.7. The standard InChI is InChI=1S/C18H33N3O4/c1-4-20(10-16(23)24)15-8-14(9-15)19-17(25)21-7-5-6-18(11-21,12-22)13(2)3/h13-15,22H,4-12H2,1-3H3,(H,19,25)(H,23,24). The molecule has 2 fully saturated rings. The molecule has 25 heavy (non-hydrogen) atoms. The molecule has 7 heteroatoms. The maximum Gasteiger partial charge on any atom is 0.317 e. The highest BCUT2D eigenvalue weighted by atomic mass is 16.4. The molecule has 2 rings (SSSR count). The van der Waals surface area contributed by atoms with E-state index in [0.717, 1.165) is 32.2 Å². The molecule has 0 aromatic rings. The van der Waals surface area contributed by atoms with Gasteiger partial charge in [0.05, 0.1) is 13.2 Å². The lowest BCUT2D eigenvalue weighted by molar-refractivity contribution is -0.139. The Morgan fingerprint density at radius 1 is 1.36 bits per heavy atom. The smallest absolute Gasteiger partial charge is 0.317 e. The number of carbonyl (C=O) groups excluding carboxylic acids is 1. The molecule has 0 spiro atoms. The fourth-order valence-electron chi connectivity index (χ4n) is 4.06. The topological polar surface area (TPSA) is 93.1 Å². The zero-order valence-corrected chi connectivity index (χ0v) is 15.7. The molecule has 0 aromatic heterocycles. The fraction of sp³-hybridized carbons (Fsp3) is 0.889. The van der Waals surface area contributed by atoms with Crippen LogP contribution in [0.1, 0.15) is 46.5 Å². The summed E-state index contributed by atoms with van der Waals surface area (Å²) >= 11 is 0. The van der Waals surface area contributed by atoms with E-state index in [1.54, 1.807) is 0 Å². The second-order valence-electron chi connectivity index (χ2n) is 7.93. The van der Waals surface area contributed by atoms with Crippen LogP contribution in [0.25, 0.3) is 0 Å². The van der Waals surface area contributed by atoms with Gasteiger partial charge in [-0.25, -0.2) is 4.79 Å². The number of likely N-dealkylation sites (N-methyl/N-ethyl adjacent to an activating group) is 1. The van der Waals surface area contributed by atoms with E-state index < -0.39 is 5.97 Å². The lowest BCUT2D eigenvalue weighted by Crippen LogP contribution is -2.59. The van der Waals surface area contributed by atoms with Crippen molar-refractivity contribution in [2.75, 3.05) is 32.8 Å². The molecule has 7 nitrogen and oxygen atoms in total. The number of nitrogens with one attached hydrogen (secondary N) is 1. The van der Waals surface area contributed by atoms with Crippen molar-refractivity contribution in [3.05, 3.63) is 0 Å². The molecule has 2 amide bonds. The van der Waals surface area contributed by atoms with E-state index in [2.05, 4.69) is 19.2 Å². The van der Waals surface area contributed by atoms with Gasteiger partial charge in [-0.3, -0.25) is 9.69 Å². The zero-order chi connectivity index (χ0) is 18.6. The van der Waals surface area contributed by atoms with Gasteiger partial charge in [-0.05, 0) is 38.1 Å². The highest BCUT2D eigenvalue weighted by Gasteiger charge is 2.41. The van der Waals surface area contributed by atoms with Gasteiger partial charge in [0.25, 0.3) is 0 Å². The number of carboxylic acid groups (broad SMARTS) is 1. The molecule has 1 aliphatic carbocycles. The molecular weight excluding hydrogens is 322 g/mol. The highest BCUT2D eigenvalue weighted by molar-refractivity contribution is 5.75. The molecular formula is C18H33N3O4. The number of carboxylic acids is 1. The number of aliphatic hydroxyl groups is 1. The average molecular weight is 355 g/mol. The maximum atomic E-state index is 12.6. The van der Waals surface area contributed by atoms with E-state index >= 15 is 0 Å². The van der Waals surface area contributed by atoms with E-state index in [1.807, 2.05) is 16.7 Å². The minimum atomic E-state index is -0.809. The number of aliphatic carboxylic acids is 1. The number of piperidine rings is 1. The molecule has 0 bridgehead atoms. The fourth-order valence-corrected chi connectivity index (χ4v) is 4.06. The van der Waals surface area contributed by atoms with Gasteiger partial charge >= 0.3 is 12.0 Å². The maximum absolute atomic E-state index is 12.6. The second-order valence-corrected chi connectivity index (χ2v) is 7.93. The van der Waals surface area contributed by atoms with Crippen molar-refractivity contribution in [1.82, 2.24) is 15.1 Å². The summed E-state index contributed by atoms with van der Waals surface area (Å²) in [6, 6.07) is 0.299. The van der Waals surface area contributed by atoms with Crippen molar-refractivity contribution in [3.8, 4) is 0 Å². The SMILES string of the molecule is CCN(CC(=O)O)C1CC(NC(=O)N2CCCC(CO)(C(C)C)C2)C1. The normalized spacial score (nSPS) is 29.6. The number of nitrogens with zero attached hydrogens (tertiary/aromatic N) is 2. The number of carbonyl (C=O) groups is 2. The van der Waals surface area contributed by atoms with Crippen LogP contribution in [0.3, 0.4) is 0 Å². The first kappa shape index (κ1) is 20.0. The third kappa shape index (κ3) is 4.64. The molecule has 2 aliphatic rings. The molecule has 3 N–H and O–H groups in total. The van der Waals surface area contributed by atoms with Crippen molar-refractivity contribution < 1.29 is 19.8 Å². The monoisotopic (exact) mass is 355 g/mol. The third-order valence-electron chi connectivity index (χ3n) is 6.14. The van der Waals surface area contributed by atoms with Crippen LogP contribution >= 0.6 is 0 Å². The minimum absolute atomic E-state index is 0.0529. The van der Waals surface area contributed by atoms with Gasteiger partial charge in [0, 0.05) is 30.6 Å². The lowest BCUT2D eigenvalue weighted by Gasteiger charge is -2.46. The number of urea groups is 1. The van der Waals surface area contributed by atoms with Gasteiger partial charge in [-0.15, -0.1) is 0 Å². The van der Waals surface area contributed by atoms with E-state index in [0.29, 0.717) is 19.0 Å². The van der Waals surface area contributed by atoms with E-state index in [1.165, 1.54) is 0 Å². The van der Waals surface area contributed by atoms with Gasteiger partial charge in [0.1, 0.15) is 0 Å². The summed E-state index contributed by atoms with van der Waals surface area (Å²) in [5.74, 6) is -0.480. The summed E-state index contributed by atoms with van der Waals surface area (Å²) in [5, 5.41) is 21.9. The number of rotatable bonds is 7. The van der Waals surface area contributed by atoms with Crippen LogP contribution in [-0.2, 0) is 4.79 Å². The number of hydrogen-bond acceptors (Lipinski definition) is 4. The largest absolute Gasteiger partial charge is 0.480 e. The molecule has 0 radical (unpaired) electrons. The Kier molecular flexibility index (Phi) is 6.68. The Labute approximate surface area is 150 Å². The van der Waals surface area contributed by atoms with Gasteiger partial charge in [0.2, 0.25) is 0 Å². The van der Waals surface area contributed by atoms with Crippen LogP contribution in [-0.4, -0.2) is 76.9 Å². The first-order chi connectivity index (χ1) is 11.8. The van der Waals surface area contributed by atoms with E-state index in [-0.39, 0.29) is 36.7 Å². The summed E-state index contributed by atoms with van der Waals surface area (Å²) in [6.07, 6.45) is 3.48. The first-order valence-corrected chi connectivity index (χ1v) is 9.43. The van der Waals surface area contributed by atoms with Crippen molar-refractivity contribution in [2.24, 2.45) is 11.3 Å². The van der Waals surface area contributed by atoms with Crippen molar-refractivity contribution in [2.45, 2.75) is 58.5 Å². The van der Waals surface area contributed by atoms with Crippen LogP contribution in [0.15, 0.2) is 0 Å². The molecule has 1 atom stereocenters. The van der Waals surface area contributed by atoms with Gasteiger partial charge in [-0.2, -0.15) is 0 Å². The lowest BCUT2D eigenvalue weighted by atomic mass is 9.72. The molecule has 144 valence electrons. The summed E-state index contributed by atoms with van der Waals surface area (Å²) in [6.45, 7) is 8.38. The minimum Gasteiger partial charge on any atom is -0.480 e. The summed E-state index contributed by atoms with van der Waals surface area (Å²) < 4.78 is 0. The van der Waals surface area contributed by atoms with Gasteiger partial charge < -0.3 is 20.4 Å². The van der Waals surface area contributed by atoms with Gasteiger partial charge in [-0.1, -0.05) is 20.8 Å². The Morgan fingerprint density at radius 2 is 2.04 bits per heavy atom. The molecule has 1 aliphatic heterocycles. The Hall–Kier alpha value is -1.34. The number of hydrogen-bond donors (Lipinski definition) is 3. The summed E-state index contributed by atoms with van der Waals surface area (Å²) in [7, 11) is 0. The molecule has 0 aromatic carbocycles. The van der Waals surface area contributed by atoms with Crippen LogP contribution in [0.5, 0.6) is 0 Å². The quantitative estimate of drug-likeness (QED) is 0.641. The van der Waals surface area contributed by atoms with Crippen molar-refractivity contribution >= 4 is 12.0 Å². The van der Waals surface area contributed by atoms with Crippen LogP contribution in [0, 0.1) is 11.3 Å². The molecule has 1 saturated heterocycles. The van der Waals surface area contributed by atoms with Crippen LogP contribution in [0.2, 0.25) is 0 Å². The number of aliphatic hydroxyl groups excluding tert-OH is 1. The highest BCUT2D eigenvalue weighted by Crippen LogP contribution is 2.37. The second kappa shape index (κ2) is 8.36. The summed E-state index contributed by atoms with van der Waals surface area (Å²) in [5.41, 5.74) is -0.196. The predicted octanol–water partition coefficient (Wildman–Crippen LogP) is 1.36. The Morgan fingerprint density at radius 3 is 2.56 bits per heavy atom. The van der Waals surface area contributed by atoms with Crippen LogP contribution in [0.4, 0.5) is 4.79 Å². The summed E-state index contributed by atoms with van der Waals surface area (Å²) in [4.78, 5) is 27.2. The molecule has 1 heterocycles. The first-order valence-electron chi connectivity index (χ1n) is 9.43. The third-order valence-corrected chi connectivity index (χ3v) is 6.14. The average Bonchev–Trinajstić information content (AvgIpc) is 2.55.